The summed E-state index contributed by atoms with van der Waals surface area (Å²) in [5.74, 6) is 0.600. The number of hydrogen-bond donors (Lipinski definition) is 1. The zero-order valence-electron chi connectivity index (χ0n) is 19.3. The highest BCUT2D eigenvalue weighted by Gasteiger charge is 2.23. The smallest absolute Gasteiger partial charge is 0.274 e. The highest BCUT2D eigenvalue weighted by atomic mass is 35.5. The van der Waals surface area contributed by atoms with Crippen LogP contribution in [0, 0.1) is 0 Å². The van der Waals surface area contributed by atoms with Crippen LogP contribution in [0.2, 0.25) is 5.02 Å². The van der Waals surface area contributed by atoms with Crippen molar-refractivity contribution in [2.75, 3.05) is 5.32 Å². The Bertz CT molecular complexity index is 1300. The molecule has 0 saturated heterocycles. The van der Waals surface area contributed by atoms with Crippen LogP contribution in [-0.2, 0) is 13.6 Å². The molecule has 1 aliphatic rings. The molecule has 0 atom stereocenters. The Hall–Kier alpha value is -3.31. The van der Waals surface area contributed by atoms with E-state index in [2.05, 4.69) is 40.7 Å². The molecule has 5 rings (SSSR count). The molecule has 2 heterocycles. The largest absolute Gasteiger partial charge is 0.378 e. The molecule has 1 N–H and O–H groups in total. The topological polar surface area (TPSA) is 51.9 Å². The summed E-state index contributed by atoms with van der Waals surface area (Å²) >= 11 is 6.05. The van der Waals surface area contributed by atoms with Gasteiger partial charge in [-0.3, -0.25) is 9.48 Å². The van der Waals surface area contributed by atoms with Crippen molar-refractivity contribution >= 4 is 17.3 Å². The van der Waals surface area contributed by atoms with Crippen LogP contribution >= 0.6 is 11.6 Å². The fourth-order valence-corrected chi connectivity index (χ4v) is 5.01. The molecular weight excluding hydrogens is 444 g/mol. The zero-order valence-corrected chi connectivity index (χ0v) is 20.1. The van der Waals surface area contributed by atoms with Crippen molar-refractivity contribution in [3.8, 4) is 11.1 Å². The van der Waals surface area contributed by atoms with E-state index in [0.717, 1.165) is 42.4 Å². The fraction of sp³-hybridized carbons (Fsp3) is 0.286. The van der Waals surface area contributed by atoms with Gasteiger partial charge in [-0.25, -0.2) is 0 Å². The lowest BCUT2D eigenvalue weighted by Gasteiger charge is -2.30. The number of aryl methyl sites for hydroxylation is 1. The van der Waals surface area contributed by atoms with E-state index in [9.17, 15) is 4.79 Å². The standard InChI is InChI=1S/C28H29ClN4O/c1-32-18-24(16-30-32)23-15-27(28(34)33(19-23)17-20-7-11-25(29)12-8-20)31-26-13-9-22(10-14-26)21-5-3-2-4-6-21/h2-8,11-12,15-16,18-19,22,26,31H,9-10,13-14,17H2,1H3/t22-,26+. The minimum absolute atomic E-state index is 0.00669. The molecule has 0 bridgehead atoms. The minimum atomic E-state index is -0.00669. The molecule has 2 aromatic heterocycles. The summed E-state index contributed by atoms with van der Waals surface area (Å²) in [5.41, 5.74) is 5.06. The van der Waals surface area contributed by atoms with Crippen LogP contribution in [0.5, 0.6) is 0 Å². The predicted octanol–water partition coefficient (Wildman–Crippen LogP) is 6.09. The average Bonchev–Trinajstić information content (AvgIpc) is 3.30. The molecule has 174 valence electrons. The van der Waals surface area contributed by atoms with E-state index < -0.39 is 0 Å². The van der Waals surface area contributed by atoms with Gasteiger partial charge >= 0.3 is 0 Å². The van der Waals surface area contributed by atoms with Gasteiger partial charge < -0.3 is 9.88 Å². The van der Waals surface area contributed by atoms with Gasteiger partial charge in [0.1, 0.15) is 5.69 Å². The Balaban J connectivity index is 1.39. The van der Waals surface area contributed by atoms with Gasteiger partial charge in [0.15, 0.2) is 0 Å². The highest BCUT2D eigenvalue weighted by molar-refractivity contribution is 6.30. The van der Waals surface area contributed by atoms with Crippen LogP contribution in [0.25, 0.3) is 11.1 Å². The Labute approximate surface area is 205 Å². The maximum atomic E-state index is 13.4. The Morgan fingerprint density at radius 1 is 0.971 bits per heavy atom. The molecule has 0 unspecified atom stereocenters. The second-order valence-corrected chi connectivity index (χ2v) is 9.64. The van der Waals surface area contributed by atoms with Gasteiger partial charge in [0.05, 0.1) is 12.7 Å². The number of hydrogen-bond acceptors (Lipinski definition) is 3. The van der Waals surface area contributed by atoms with Gasteiger partial charge in [-0.05, 0) is 60.9 Å². The summed E-state index contributed by atoms with van der Waals surface area (Å²) in [5, 5.41) is 8.60. The first-order valence-electron chi connectivity index (χ1n) is 11.8. The minimum Gasteiger partial charge on any atom is -0.378 e. The van der Waals surface area contributed by atoms with E-state index in [1.807, 2.05) is 56.0 Å². The zero-order chi connectivity index (χ0) is 23.5. The Morgan fingerprint density at radius 2 is 1.71 bits per heavy atom. The lowest BCUT2D eigenvalue weighted by atomic mass is 9.82. The second kappa shape index (κ2) is 9.90. The number of nitrogens with zero attached hydrogens (tertiary/aromatic N) is 3. The number of halogens is 1. The van der Waals surface area contributed by atoms with Crippen LogP contribution in [0.3, 0.4) is 0 Å². The van der Waals surface area contributed by atoms with Gasteiger partial charge in [0.2, 0.25) is 0 Å². The van der Waals surface area contributed by atoms with Crippen LogP contribution in [0.1, 0.15) is 42.7 Å². The third-order valence-electron chi connectivity index (χ3n) is 6.75. The SMILES string of the molecule is Cn1cc(-c2cc(N[C@H]3CC[C@@H](c4ccccc4)CC3)c(=O)n(Cc3ccc(Cl)cc3)c2)cn1. The first kappa shape index (κ1) is 22.5. The number of rotatable bonds is 6. The van der Waals surface area contributed by atoms with Crippen LogP contribution < -0.4 is 10.9 Å². The number of nitrogens with one attached hydrogen (secondary N) is 1. The molecule has 0 amide bonds. The summed E-state index contributed by atoms with van der Waals surface area (Å²) < 4.78 is 3.56. The van der Waals surface area contributed by atoms with Gasteiger partial charge in [0, 0.05) is 41.6 Å². The van der Waals surface area contributed by atoms with E-state index in [1.165, 1.54) is 5.56 Å². The molecule has 1 saturated carbocycles. The van der Waals surface area contributed by atoms with Gasteiger partial charge in [0.25, 0.3) is 5.56 Å². The maximum absolute atomic E-state index is 13.4. The molecule has 6 heteroatoms. The maximum Gasteiger partial charge on any atom is 0.274 e. The molecule has 4 aromatic rings. The third-order valence-corrected chi connectivity index (χ3v) is 7.00. The lowest BCUT2D eigenvalue weighted by Crippen LogP contribution is -2.31. The van der Waals surface area contributed by atoms with Gasteiger partial charge in [-0.15, -0.1) is 0 Å². The molecule has 0 radical (unpaired) electrons. The van der Waals surface area contributed by atoms with Crippen molar-refractivity contribution in [3.63, 3.8) is 0 Å². The normalized spacial score (nSPS) is 18.1. The van der Waals surface area contributed by atoms with Crippen LogP contribution in [0.4, 0.5) is 5.69 Å². The van der Waals surface area contributed by atoms with Crippen molar-refractivity contribution in [1.29, 1.82) is 0 Å². The number of aromatic nitrogens is 3. The molecule has 1 aliphatic carbocycles. The van der Waals surface area contributed by atoms with Crippen molar-refractivity contribution in [2.24, 2.45) is 7.05 Å². The number of anilines is 1. The van der Waals surface area contributed by atoms with E-state index >= 15 is 0 Å². The average molecular weight is 473 g/mol. The van der Waals surface area contributed by atoms with E-state index in [-0.39, 0.29) is 5.56 Å². The van der Waals surface area contributed by atoms with Crippen LogP contribution in [0.15, 0.2) is 84.0 Å². The second-order valence-electron chi connectivity index (χ2n) is 9.21. The summed E-state index contributed by atoms with van der Waals surface area (Å²) in [6.07, 6.45) is 10.1. The molecule has 1 fully saturated rings. The molecule has 0 spiro atoms. The Kier molecular flexibility index (Phi) is 6.54. The predicted molar refractivity (Wildman–Crippen MR) is 139 cm³/mol. The number of pyridine rings is 1. The molecular formula is C28H29ClN4O. The quantitative estimate of drug-likeness (QED) is 0.369. The lowest BCUT2D eigenvalue weighted by molar-refractivity contribution is 0.412. The van der Waals surface area contributed by atoms with Crippen molar-refractivity contribution in [2.45, 2.75) is 44.2 Å². The van der Waals surface area contributed by atoms with Crippen LogP contribution in [-0.4, -0.2) is 20.4 Å². The number of benzene rings is 2. The van der Waals surface area contributed by atoms with E-state index in [4.69, 9.17) is 11.6 Å². The molecule has 5 nitrogen and oxygen atoms in total. The Morgan fingerprint density at radius 3 is 2.38 bits per heavy atom. The van der Waals surface area contributed by atoms with E-state index in [0.29, 0.717) is 29.2 Å². The molecule has 0 aliphatic heterocycles. The van der Waals surface area contributed by atoms with Crippen molar-refractivity contribution in [3.05, 3.63) is 106 Å². The summed E-state index contributed by atoms with van der Waals surface area (Å²) in [6, 6.07) is 20.7. The van der Waals surface area contributed by atoms with Gasteiger partial charge in [-0.2, -0.15) is 5.10 Å². The summed E-state index contributed by atoms with van der Waals surface area (Å²) in [6.45, 7) is 0.486. The summed E-state index contributed by atoms with van der Waals surface area (Å²) in [4.78, 5) is 13.4. The summed E-state index contributed by atoms with van der Waals surface area (Å²) in [7, 11) is 1.90. The van der Waals surface area contributed by atoms with E-state index in [1.54, 1.807) is 9.25 Å². The van der Waals surface area contributed by atoms with Gasteiger partial charge in [-0.1, -0.05) is 54.1 Å². The molecule has 2 aromatic carbocycles. The first-order valence-corrected chi connectivity index (χ1v) is 12.2. The third kappa shape index (κ3) is 5.10. The highest BCUT2D eigenvalue weighted by Crippen LogP contribution is 2.34. The monoisotopic (exact) mass is 472 g/mol. The first-order chi connectivity index (χ1) is 16.5. The van der Waals surface area contributed by atoms with Crippen molar-refractivity contribution in [1.82, 2.24) is 14.3 Å². The molecule has 34 heavy (non-hydrogen) atoms. The van der Waals surface area contributed by atoms with Crippen molar-refractivity contribution < 1.29 is 0 Å². The fourth-order valence-electron chi connectivity index (χ4n) is 4.89.